The molecule has 15 heteroatoms. The van der Waals surface area contributed by atoms with Crippen molar-refractivity contribution in [2.45, 2.75) is 75.0 Å². The van der Waals surface area contributed by atoms with Gasteiger partial charge in [-0.15, -0.1) is 0 Å². The molecule has 4 unspecified atom stereocenters. The normalized spacial score (nSPS) is 29.3. The number of rotatable bonds is 10. The van der Waals surface area contributed by atoms with Crippen molar-refractivity contribution < 1.29 is 10.2 Å². The lowest BCUT2D eigenvalue weighted by molar-refractivity contribution is 0.00497. The Labute approximate surface area is 239 Å². The van der Waals surface area contributed by atoms with Crippen molar-refractivity contribution in [3.63, 3.8) is 0 Å². The SMILES string of the molecule is CNC1CCC(Nc2nc(NCCN3CCNCC3)nc3c2ncn3C2CC(n3ncc(CN)n3)C(O)C2O)CC1. The van der Waals surface area contributed by atoms with Crippen molar-refractivity contribution in [1.29, 1.82) is 0 Å². The van der Waals surface area contributed by atoms with E-state index in [9.17, 15) is 10.2 Å². The van der Waals surface area contributed by atoms with Gasteiger partial charge in [0, 0.05) is 57.9 Å². The van der Waals surface area contributed by atoms with Crippen molar-refractivity contribution in [2.75, 3.05) is 56.9 Å². The second-order valence-electron chi connectivity index (χ2n) is 11.4. The quantitative estimate of drug-likeness (QED) is 0.158. The average molecular weight is 570 g/mol. The molecule has 0 amide bonds. The zero-order valence-electron chi connectivity index (χ0n) is 23.7. The largest absolute Gasteiger partial charge is 0.388 e. The average Bonchev–Trinajstić information content (AvgIpc) is 3.72. The van der Waals surface area contributed by atoms with Crippen LogP contribution in [0.1, 0.15) is 49.9 Å². The van der Waals surface area contributed by atoms with E-state index in [-0.39, 0.29) is 6.54 Å². The molecule has 4 atom stereocenters. The Morgan fingerprint density at radius 2 is 1.80 bits per heavy atom. The molecule has 6 rings (SSSR count). The first-order chi connectivity index (χ1) is 20.0. The summed E-state index contributed by atoms with van der Waals surface area (Å²) in [5.41, 5.74) is 7.60. The number of piperazine rings is 1. The first-order valence-electron chi connectivity index (χ1n) is 14.9. The van der Waals surface area contributed by atoms with Gasteiger partial charge in [0.15, 0.2) is 17.0 Å². The first-order valence-corrected chi connectivity index (χ1v) is 14.9. The smallest absolute Gasteiger partial charge is 0.226 e. The van der Waals surface area contributed by atoms with Crippen LogP contribution >= 0.6 is 0 Å². The molecule has 0 bridgehead atoms. The molecule has 1 saturated heterocycles. The third-order valence-corrected chi connectivity index (χ3v) is 8.86. The Balaban J connectivity index is 1.26. The van der Waals surface area contributed by atoms with Gasteiger partial charge in [0.1, 0.15) is 18.2 Å². The minimum absolute atomic E-state index is 0.259. The van der Waals surface area contributed by atoms with Gasteiger partial charge in [0.2, 0.25) is 5.95 Å². The number of fused-ring (bicyclic) bond motifs is 1. The van der Waals surface area contributed by atoms with Crippen molar-refractivity contribution in [3.05, 3.63) is 18.2 Å². The summed E-state index contributed by atoms with van der Waals surface area (Å²) in [4.78, 5) is 18.3. The number of hydrogen-bond donors (Lipinski definition) is 7. The Morgan fingerprint density at radius 1 is 1.05 bits per heavy atom. The van der Waals surface area contributed by atoms with Crippen LogP contribution in [0, 0.1) is 0 Å². The molecule has 3 aliphatic rings. The molecule has 3 aromatic rings. The fourth-order valence-corrected chi connectivity index (χ4v) is 6.37. The summed E-state index contributed by atoms with van der Waals surface area (Å²) in [6.07, 6.45) is 5.90. The van der Waals surface area contributed by atoms with Gasteiger partial charge in [-0.1, -0.05) is 0 Å². The maximum Gasteiger partial charge on any atom is 0.226 e. The monoisotopic (exact) mass is 569 g/mol. The topological polar surface area (TPSA) is 192 Å². The van der Waals surface area contributed by atoms with Crippen molar-refractivity contribution >= 4 is 22.9 Å². The number of imidazole rings is 1. The molecule has 15 nitrogen and oxygen atoms in total. The van der Waals surface area contributed by atoms with Crippen molar-refractivity contribution in [1.82, 2.24) is 50.0 Å². The van der Waals surface area contributed by atoms with Crippen LogP contribution in [0.2, 0.25) is 0 Å². The predicted molar refractivity (Wildman–Crippen MR) is 154 cm³/mol. The van der Waals surface area contributed by atoms with Crippen LogP contribution in [0.3, 0.4) is 0 Å². The highest BCUT2D eigenvalue weighted by Crippen LogP contribution is 2.39. The molecule has 3 aromatic heterocycles. The Morgan fingerprint density at radius 3 is 2.54 bits per heavy atom. The Hall–Kier alpha value is -2.95. The third kappa shape index (κ3) is 6.01. The summed E-state index contributed by atoms with van der Waals surface area (Å²) in [5, 5.41) is 44.6. The highest BCUT2D eigenvalue weighted by Gasteiger charge is 2.45. The molecule has 2 aliphatic carbocycles. The van der Waals surface area contributed by atoms with Gasteiger partial charge >= 0.3 is 0 Å². The van der Waals surface area contributed by atoms with E-state index in [2.05, 4.69) is 36.4 Å². The molecule has 3 fully saturated rings. The van der Waals surface area contributed by atoms with Crippen LogP contribution in [-0.4, -0.2) is 120 Å². The summed E-state index contributed by atoms with van der Waals surface area (Å²) >= 11 is 0. The van der Waals surface area contributed by atoms with E-state index in [4.69, 9.17) is 20.7 Å². The lowest BCUT2D eigenvalue weighted by Crippen LogP contribution is -2.45. The molecule has 2 saturated carbocycles. The van der Waals surface area contributed by atoms with Crippen LogP contribution in [-0.2, 0) is 6.54 Å². The van der Waals surface area contributed by atoms with E-state index in [1.165, 1.54) is 4.80 Å². The lowest BCUT2D eigenvalue weighted by Gasteiger charge is -2.29. The summed E-state index contributed by atoms with van der Waals surface area (Å²) in [5.74, 6) is 1.21. The number of nitrogens with zero attached hydrogens (tertiary/aromatic N) is 8. The van der Waals surface area contributed by atoms with Gasteiger partial charge in [-0.3, -0.25) is 4.90 Å². The summed E-state index contributed by atoms with van der Waals surface area (Å²) < 4.78 is 1.86. The van der Waals surface area contributed by atoms with E-state index in [1.807, 2.05) is 11.6 Å². The molecule has 0 aromatic carbocycles. The predicted octanol–water partition coefficient (Wildman–Crippen LogP) is -0.956. The minimum Gasteiger partial charge on any atom is -0.388 e. The standard InChI is InChI=1S/C26H43N13O2/c1-28-16-2-4-17(5-3-16)33-24-21-25(35-26(34-24)30-8-11-37-9-6-29-7-10-37)38(15-31-21)19-12-20(23(41)22(19)40)39-32-14-18(13-27)36-39/h14-17,19-20,22-23,28-29,40-41H,2-13,27H2,1H3,(H2,30,33,34,35). The zero-order chi connectivity index (χ0) is 28.3. The van der Waals surface area contributed by atoms with Gasteiger partial charge < -0.3 is 41.8 Å². The van der Waals surface area contributed by atoms with Crippen molar-refractivity contribution in [3.8, 4) is 0 Å². The molecule has 1 aliphatic heterocycles. The maximum absolute atomic E-state index is 11.1. The van der Waals surface area contributed by atoms with E-state index >= 15 is 0 Å². The number of hydrogen-bond acceptors (Lipinski definition) is 13. The molecule has 0 spiro atoms. The fraction of sp³-hybridized carbons (Fsp3) is 0.731. The van der Waals surface area contributed by atoms with Crippen LogP contribution in [0.15, 0.2) is 12.5 Å². The van der Waals surface area contributed by atoms with Crippen LogP contribution in [0.4, 0.5) is 11.8 Å². The van der Waals surface area contributed by atoms with Crippen LogP contribution < -0.4 is 27.0 Å². The Bertz CT molecular complexity index is 1280. The highest BCUT2D eigenvalue weighted by molar-refractivity contribution is 5.84. The number of nitrogens with one attached hydrogen (secondary N) is 4. The molecule has 224 valence electrons. The summed E-state index contributed by atoms with van der Waals surface area (Å²) in [6.45, 7) is 5.93. The number of aliphatic hydroxyl groups is 2. The van der Waals surface area contributed by atoms with Crippen LogP contribution in [0.5, 0.6) is 0 Å². The minimum atomic E-state index is -1.05. The number of nitrogens with two attached hydrogens (primary N) is 1. The first kappa shape index (κ1) is 28.2. The van der Waals surface area contributed by atoms with E-state index < -0.39 is 24.3 Å². The summed E-state index contributed by atoms with van der Waals surface area (Å²) in [6, 6.07) is -0.114. The van der Waals surface area contributed by atoms with E-state index in [1.54, 1.807) is 12.5 Å². The molecule has 8 N–H and O–H groups in total. The fourth-order valence-electron chi connectivity index (χ4n) is 6.37. The lowest BCUT2D eigenvalue weighted by atomic mass is 9.91. The van der Waals surface area contributed by atoms with Gasteiger partial charge in [-0.2, -0.15) is 25.0 Å². The maximum atomic E-state index is 11.1. The second-order valence-corrected chi connectivity index (χ2v) is 11.4. The summed E-state index contributed by atoms with van der Waals surface area (Å²) in [7, 11) is 2.02. The third-order valence-electron chi connectivity index (χ3n) is 8.86. The van der Waals surface area contributed by atoms with Gasteiger partial charge in [0.05, 0.1) is 24.3 Å². The number of anilines is 2. The van der Waals surface area contributed by atoms with E-state index in [0.717, 1.165) is 58.4 Å². The molecule has 0 radical (unpaired) electrons. The molecular weight excluding hydrogens is 526 g/mol. The van der Waals surface area contributed by atoms with Gasteiger partial charge in [-0.05, 0) is 39.2 Å². The molecule has 4 heterocycles. The second kappa shape index (κ2) is 12.5. The Kier molecular flexibility index (Phi) is 8.60. The highest BCUT2D eigenvalue weighted by atomic mass is 16.3. The van der Waals surface area contributed by atoms with Gasteiger partial charge in [0.25, 0.3) is 0 Å². The number of aliphatic hydroxyl groups excluding tert-OH is 2. The van der Waals surface area contributed by atoms with E-state index in [0.29, 0.717) is 53.7 Å². The molecular formula is C26H43N13O2. The van der Waals surface area contributed by atoms with Crippen LogP contribution in [0.25, 0.3) is 11.2 Å². The number of aromatic nitrogens is 7. The molecule has 41 heavy (non-hydrogen) atoms. The zero-order valence-corrected chi connectivity index (χ0v) is 23.7. The van der Waals surface area contributed by atoms with Gasteiger partial charge in [-0.25, -0.2) is 4.98 Å². The van der Waals surface area contributed by atoms with Crippen molar-refractivity contribution in [2.24, 2.45) is 5.73 Å².